The minimum Gasteiger partial charge on any atom is -0.494 e. The van der Waals surface area contributed by atoms with Crippen molar-refractivity contribution in [2.45, 2.75) is 39.8 Å². The van der Waals surface area contributed by atoms with Crippen molar-refractivity contribution in [3.05, 3.63) is 76.1 Å². The van der Waals surface area contributed by atoms with Crippen molar-refractivity contribution in [3.8, 4) is 23.0 Å². The molecule has 4 rings (SSSR count). The standard InChI is InChI=1S/C30H34ClN3O5/c1-18-14-22(15-19(2)27(18)31)39-13-9-12-34-24-11-8-7-10-23(24)33-29(34)20(3)32-30(35)21-16-25(36-4)28(38-6)26(17-21)37-5/h7-8,10-11,14-17,20H,9,12-13H2,1-6H3,(H,32,35). The monoisotopic (exact) mass is 551 g/mol. The van der Waals surface area contributed by atoms with Gasteiger partial charge in [0.15, 0.2) is 11.5 Å². The highest BCUT2D eigenvalue weighted by molar-refractivity contribution is 6.32. The summed E-state index contributed by atoms with van der Waals surface area (Å²) in [6.07, 6.45) is 0.752. The van der Waals surface area contributed by atoms with Gasteiger partial charge < -0.3 is 28.8 Å². The van der Waals surface area contributed by atoms with Crippen LogP contribution in [-0.4, -0.2) is 43.4 Å². The summed E-state index contributed by atoms with van der Waals surface area (Å²) in [5.74, 6) is 2.53. The Kier molecular flexibility index (Phi) is 8.86. The molecule has 0 aliphatic heterocycles. The van der Waals surface area contributed by atoms with E-state index >= 15 is 0 Å². The quantitative estimate of drug-likeness (QED) is 0.220. The van der Waals surface area contributed by atoms with Gasteiger partial charge in [-0.25, -0.2) is 4.98 Å². The molecule has 1 N–H and O–H groups in total. The van der Waals surface area contributed by atoms with Gasteiger partial charge in [0, 0.05) is 17.1 Å². The molecule has 0 fully saturated rings. The maximum Gasteiger partial charge on any atom is 0.252 e. The zero-order chi connectivity index (χ0) is 28.1. The zero-order valence-corrected chi connectivity index (χ0v) is 23.9. The van der Waals surface area contributed by atoms with Crippen molar-refractivity contribution in [1.82, 2.24) is 14.9 Å². The summed E-state index contributed by atoms with van der Waals surface area (Å²) < 4.78 is 24.3. The Morgan fingerprint density at radius 1 is 1.00 bits per heavy atom. The minimum atomic E-state index is -0.369. The molecule has 3 aromatic carbocycles. The lowest BCUT2D eigenvalue weighted by molar-refractivity contribution is 0.0936. The Morgan fingerprint density at radius 2 is 1.64 bits per heavy atom. The molecule has 0 saturated carbocycles. The van der Waals surface area contributed by atoms with Crippen LogP contribution in [0.5, 0.6) is 23.0 Å². The number of imidazole rings is 1. The Hall–Kier alpha value is -3.91. The number of amides is 1. The van der Waals surface area contributed by atoms with E-state index in [0.29, 0.717) is 36.0 Å². The summed E-state index contributed by atoms with van der Waals surface area (Å²) in [6.45, 7) is 7.06. The third-order valence-electron chi connectivity index (χ3n) is 6.55. The Bertz CT molecular complexity index is 1430. The lowest BCUT2D eigenvalue weighted by Gasteiger charge is -2.18. The fraction of sp³-hybridized carbons (Fsp3) is 0.333. The molecule has 206 valence electrons. The van der Waals surface area contributed by atoms with Crippen molar-refractivity contribution < 1.29 is 23.7 Å². The fourth-order valence-corrected chi connectivity index (χ4v) is 4.73. The van der Waals surface area contributed by atoms with E-state index in [1.54, 1.807) is 12.1 Å². The maximum atomic E-state index is 13.3. The van der Waals surface area contributed by atoms with Gasteiger partial charge in [0.25, 0.3) is 5.91 Å². The van der Waals surface area contributed by atoms with Crippen molar-refractivity contribution in [2.24, 2.45) is 0 Å². The summed E-state index contributed by atoms with van der Waals surface area (Å²) in [4.78, 5) is 18.1. The smallest absolute Gasteiger partial charge is 0.252 e. The van der Waals surface area contributed by atoms with E-state index < -0.39 is 0 Å². The number of fused-ring (bicyclic) bond motifs is 1. The summed E-state index contributed by atoms with van der Waals surface area (Å²) in [5.41, 5.74) is 4.24. The van der Waals surface area contributed by atoms with Crippen molar-refractivity contribution in [2.75, 3.05) is 27.9 Å². The number of halogens is 1. The number of nitrogens with one attached hydrogen (secondary N) is 1. The van der Waals surface area contributed by atoms with Crippen LogP contribution in [0.25, 0.3) is 11.0 Å². The van der Waals surface area contributed by atoms with E-state index in [9.17, 15) is 4.79 Å². The third-order valence-corrected chi connectivity index (χ3v) is 7.15. The lowest BCUT2D eigenvalue weighted by Crippen LogP contribution is -2.29. The highest BCUT2D eigenvalue weighted by Gasteiger charge is 2.22. The molecule has 0 radical (unpaired) electrons. The van der Waals surface area contributed by atoms with Crippen LogP contribution in [0, 0.1) is 13.8 Å². The van der Waals surface area contributed by atoms with Gasteiger partial charge in [-0.05, 0) is 74.7 Å². The topological polar surface area (TPSA) is 83.8 Å². The van der Waals surface area contributed by atoms with E-state index in [1.807, 2.05) is 57.2 Å². The second-order valence-corrected chi connectivity index (χ2v) is 9.67. The predicted molar refractivity (Wildman–Crippen MR) is 153 cm³/mol. The van der Waals surface area contributed by atoms with Crippen LogP contribution in [0.15, 0.2) is 48.5 Å². The van der Waals surface area contributed by atoms with E-state index in [0.717, 1.165) is 45.2 Å². The van der Waals surface area contributed by atoms with E-state index in [2.05, 4.69) is 9.88 Å². The number of aromatic nitrogens is 2. The zero-order valence-electron chi connectivity index (χ0n) is 23.1. The average Bonchev–Trinajstić information content (AvgIpc) is 3.31. The predicted octanol–water partition coefficient (Wildman–Crippen LogP) is 6.29. The molecule has 0 spiro atoms. The first-order valence-corrected chi connectivity index (χ1v) is 13.1. The molecule has 0 saturated heterocycles. The van der Waals surface area contributed by atoms with Crippen LogP contribution in [0.2, 0.25) is 5.02 Å². The number of carbonyl (C=O) groups excluding carboxylic acids is 1. The molecule has 0 aliphatic rings. The molecule has 4 aromatic rings. The van der Waals surface area contributed by atoms with Crippen LogP contribution < -0.4 is 24.3 Å². The van der Waals surface area contributed by atoms with E-state index in [4.69, 9.17) is 35.5 Å². The number of ether oxygens (including phenoxy) is 4. The second-order valence-electron chi connectivity index (χ2n) is 9.29. The number of aryl methyl sites for hydroxylation is 3. The summed E-state index contributed by atoms with van der Waals surface area (Å²) in [6, 6.07) is 14.7. The molecule has 8 nitrogen and oxygen atoms in total. The van der Waals surface area contributed by atoms with Gasteiger partial charge in [-0.15, -0.1) is 0 Å². The van der Waals surface area contributed by atoms with Crippen LogP contribution >= 0.6 is 11.6 Å². The molecule has 0 bridgehead atoms. The van der Waals surface area contributed by atoms with E-state index in [-0.39, 0.29) is 11.9 Å². The lowest BCUT2D eigenvalue weighted by atomic mass is 10.1. The van der Waals surface area contributed by atoms with Gasteiger partial charge in [-0.3, -0.25) is 4.79 Å². The number of para-hydroxylation sites is 2. The Morgan fingerprint density at radius 3 is 2.26 bits per heavy atom. The molecule has 1 amide bonds. The van der Waals surface area contributed by atoms with Crippen LogP contribution in [0.3, 0.4) is 0 Å². The average molecular weight is 552 g/mol. The van der Waals surface area contributed by atoms with Gasteiger partial charge in [0.2, 0.25) is 5.75 Å². The fourth-order valence-electron chi connectivity index (χ4n) is 4.62. The second kappa shape index (κ2) is 12.3. The number of benzene rings is 3. The van der Waals surface area contributed by atoms with Gasteiger partial charge in [-0.1, -0.05) is 23.7 Å². The third kappa shape index (κ3) is 6.06. The Labute approximate surface area is 233 Å². The molecule has 1 unspecified atom stereocenters. The van der Waals surface area contributed by atoms with Crippen LogP contribution in [0.4, 0.5) is 0 Å². The van der Waals surface area contributed by atoms with Gasteiger partial charge in [-0.2, -0.15) is 0 Å². The number of rotatable bonds is 11. The number of methoxy groups -OCH3 is 3. The highest BCUT2D eigenvalue weighted by atomic mass is 35.5. The molecule has 1 aromatic heterocycles. The Balaban J connectivity index is 1.51. The maximum absolute atomic E-state index is 13.3. The van der Waals surface area contributed by atoms with Gasteiger partial charge in [0.05, 0.1) is 45.0 Å². The number of hydrogen-bond donors (Lipinski definition) is 1. The van der Waals surface area contributed by atoms with Gasteiger partial charge >= 0.3 is 0 Å². The molecule has 1 heterocycles. The molecule has 39 heavy (non-hydrogen) atoms. The molecule has 1 atom stereocenters. The summed E-state index contributed by atoms with van der Waals surface area (Å²) in [5, 5.41) is 3.83. The highest BCUT2D eigenvalue weighted by Crippen LogP contribution is 2.38. The van der Waals surface area contributed by atoms with Crippen molar-refractivity contribution in [3.63, 3.8) is 0 Å². The number of hydrogen-bond acceptors (Lipinski definition) is 6. The van der Waals surface area contributed by atoms with Gasteiger partial charge in [0.1, 0.15) is 11.6 Å². The van der Waals surface area contributed by atoms with Crippen LogP contribution in [-0.2, 0) is 6.54 Å². The first-order chi connectivity index (χ1) is 18.8. The summed E-state index contributed by atoms with van der Waals surface area (Å²) >= 11 is 6.29. The van der Waals surface area contributed by atoms with Crippen molar-refractivity contribution >= 4 is 28.5 Å². The number of nitrogens with zero attached hydrogens (tertiary/aromatic N) is 2. The first kappa shape index (κ1) is 28.1. The largest absolute Gasteiger partial charge is 0.494 e. The molecular weight excluding hydrogens is 518 g/mol. The van der Waals surface area contributed by atoms with Crippen molar-refractivity contribution in [1.29, 1.82) is 0 Å². The first-order valence-electron chi connectivity index (χ1n) is 12.7. The molecule has 9 heteroatoms. The normalized spacial score (nSPS) is 11.8. The van der Waals surface area contributed by atoms with Crippen LogP contribution in [0.1, 0.15) is 46.7 Å². The van der Waals surface area contributed by atoms with E-state index in [1.165, 1.54) is 21.3 Å². The molecule has 0 aliphatic carbocycles. The SMILES string of the molecule is COc1cc(C(=O)NC(C)c2nc3ccccc3n2CCCOc2cc(C)c(Cl)c(C)c2)cc(OC)c1OC. The minimum absolute atomic E-state index is 0.280. The number of carbonyl (C=O) groups is 1. The molecular formula is C30H34ClN3O5. The summed E-state index contributed by atoms with van der Waals surface area (Å²) in [7, 11) is 4.56.